The molecular formula is C21H28BrN3O. The fraction of sp³-hybridized carbons (Fsp3) is 0.476. The quantitative estimate of drug-likeness (QED) is 0.667. The zero-order valence-electron chi connectivity index (χ0n) is 15.9. The Hall–Kier alpha value is -1.43. The average molecular weight is 418 g/mol. The van der Waals surface area contributed by atoms with Crippen molar-refractivity contribution >= 4 is 21.6 Å². The lowest BCUT2D eigenvalue weighted by Crippen LogP contribution is -2.32. The predicted octanol–water partition coefficient (Wildman–Crippen LogP) is 4.40. The Bertz CT molecular complexity index is 712. The Morgan fingerprint density at radius 2 is 2.04 bits per heavy atom. The van der Waals surface area contributed by atoms with Gasteiger partial charge in [-0.3, -0.25) is 9.88 Å². The molecule has 1 aromatic heterocycles. The molecule has 5 heteroatoms. The molecule has 26 heavy (non-hydrogen) atoms. The van der Waals surface area contributed by atoms with Crippen molar-refractivity contribution in [1.29, 1.82) is 0 Å². The predicted molar refractivity (Wildman–Crippen MR) is 111 cm³/mol. The number of nitrogens with zero attached hydrogens (tertiary/aromatic N) is 3. The summed E-state index contributed by atoms with van der Waals surface area (Å²) < 4.78 is 7.05. The van der Waals surface area contributed by atoms with Crippen LogP contribution in [0.1, 0.15) is 29.7 Å². The second-order valence-corrected chi connectivity index (χ2v) is 8.16. The van der Waals surface area contributed by atoms with E-state index < -0.39 is 0 Å². The molecule has 1 aliphatic rings. The minimum Gasteiger partial charge on any atom is -0.377 e. The van der Waals surface area contributed by atoms with E-state index in [1.807, 2.05) is 20.3 Å². The number of aryl methyl sites for hydroxylation is 1. The van der Waals surface area contributed by atoms with Crippen LogP contribution in [0, 0.1) is 6.92 Å². The summed E-state index contributed by atoms with van der Waals surface area (Å²) >= 11 is 3.72. The fourth-order valence-corrected chi connectivity index (χ4v) is 3.91. The molecule has 0 saturated carbocycles. The van der Waals surface area contributed by atoms with Crippen molar-refractivity contribution in [3.05, 3.63) is 57.8 Å². The first-order valence-corrected chi connectivity index (χ1v) is 10.0. The fourth-order valence-electron chi connectivity index (χ4n) is 3.29. The third-order valence-corrected chi connectivity index (χ3v) is 5.54. The van der Waals surface area contributed by atoms with Crippen LogP contribution in [0.3, 0.4) is 0 Å². The highest BCUT2D eigenvalue weighted by molar-refractivity contribution is 9.10. The Balaban J connectivity index is 1.73. The maximum Gasteiger partial charge on any atom is 0.0703 e. The monoisotopic (exact) mass is 417 g/mol. The first kappa shape index (κ1) is 19.3. The second-order valence-electron chi connectivity index (χ2n) is 7.30. The van der Waals surface area contributed by atoms with Gasteiger partial charge in [-0.25, -0.2) is 0 Å². The van der Waals surface area contributed by atoms with Crippen molar-refractivity contribution in [1.82, 2.24) is 9.88 Å². The van der Waals surface area contributed by atoms with Gasteiger partial charge in [0.25, 0.3) is 0 Å². The second kappa shape index (κ2) is 8.98. The van der Waals surface area contributed by atoms with Gasteiger partial charge in [0.2, 0.25) is 0 Å². The van der Waals surface area contributed by atoms with Crippen LogP contribution in [0.4, 0.5) is 5.69 Å². The number of halogens is 1. The number of rotatable bonds is 7. The molecular weight excluding hydrogens is 390 g/mol. The lowest BCUT2D eigenvalue weighted by molar-refractivity contribution is 0.0674. The van der Waals surface area contributed by atoms with Crippen LogP contribution in [0.2, 0.25) is 0 Å². The van der Waals surface area contributed by atoms with Gasteiger partial charge in [-0.2, -0.15) is 0 Å². The number of pyridine rings is 1. The number of ether oxygens (including phenoxy) is 1. The molecule has 0 amide bonds. The molecule has 2 aromatic rings. The molecule has 1 fully saturated rings. The van der Waals surface area contributed by atoms with Crippen molar-refractivity contribution in [2.24, 2.45) is 0 Å². The summed E-state index contributed by atoms with van der Waals surface area (Å²) in [6.45, 7) is 5.67. The van der Waals surface area contributed by atoms with E-state index >= 15 is 0 Å². The maximum absolute atomic E-state index is 5.88. The Morgan fingerprint density at radius 1 is 1.19 bits per heavy atom. The van der Waals surface area contributed by atoms with Crippen LogP contribution in [0.15, 0.2) is 41.0 Å². The molecule has 0 aliphatic carbocycles. The summed E-state index contributed by atoms with van der Waals surface area (Å²) in [6, 6.07) is 10.8. The Morgan fingerprint density at radius 3 is 2.65 bits per heavy atom. The molecule has 2 heterocycles. The molecule has 4 nitrogen and oxygen atoms in total. The molecule has 0 spiro atoms. The lowest BCUT2D eigenvalue weighted by Gasteiger charge is -2.26. The molecule has 0 N–H and O–H groups in total. The summed E-state index contributed by atoms with van der Waals surface area (Å²) in [5, 5.41) is 0. The van der Waals surface area contributed by atoms with Gasteiger partial charge in [0.05, 0.1) is 23.7 Å². The Kier molecular flexibility index (Phi) is 6.68. The number of hydrogen-bond acceptors (Lipinski definition) is 4. The van der Waals surface area contributed by atoms with Gasteiger partial charge in [-0.15, -0.1) is 0 Å². The molecule has 0 bridgehead atoms. The average Bonchev–Trinajstić information content (AvgIpc) is 3.11. The minimum atomic E-state index is 0.334. The zero-order valence-corrected chi connectivity index (χ0v) is 17.5. The number of benzene rings is 1. The van der Waals surface area contributed by atoms with Gasteiger partial charge >= 0.3 is 0 Å². The van der Waals surface area contributed by atoms with E-state index in [0.717, 1.165) is 44.0 Å². The van der Waals surface area contributed by atoms with Gasteiger partial charge < -0.3 is 9.64 Å². The normalized spacial score (nSPS) is 17.0. The Labute approximate surface area is 165 Å². The summed E-state index contributed by atoms with van der Waals surface area (Å²) in [4.78, 5) is 9.18. The van der Waals surface area contributed by atoms with Crippen molar-refractivity contribution in [2.75, 3.05) is 32.1 Å². The largest absolute Gasteiger partial charge is 0.377 e. The van der Waals surface area contributed by atoms with Crippen LogP contribution < -0.4 is 4.90 Å². The first-order chi connectivity index (χ1) is 12.5. The highest BCUT2D eigenvalue weighted by atomic mass is 79.9. The van der Waals surface area contributed by atoms with E-state index in [9.17, 15) is 0 Å². The molecule has 140 valence electrons. The van der Waals surface area contributed by atoms with Gasteiger partial charge in [0.1, 0.15) is 0 Å². The third kappa shape index (κ3) is 5.29. The maximum atomic E-state index is 5.88. The van der Waals surface area contributed by atoms with Crippen molar-refractivity contribution < 1.29 is 4.74 Å². The van der Waals surface area contributed by atoms with E-state index in [0.29, 0.717) is 6.10 Å². The van der Waals surface area contributed by atoms with Crippen molar-refractivity contribution in [3.63, 3.8) is 0 Å². The molecule has 1 saturated heterocycles. The lowest BCUT2D eigenvalue weighted by atomic mass is 10.1. The van der Waals surface area contributed by atoms with Crippen LogP contribution in [-0.4, -0.2) is 43.2 Å². The highest BCUT2D eigenvalue weighted by Crippen LogP contribution is 2.23. The van der Waals surface area contributed by atoms with Gasteiger partial charge in [-0.05, 0) is 49.1 Å². The SMILES string of the molecule is Cc1ccc(CN(Cc2ccc(N(C)C)cn2)CC2CCCO2)c(Br)c1. The van der Waals surface area contributed by atoms with Gasteiger partial charge in [0.15, 0.2) is 0 Å². The zero-order chi connectivity index (χ0) is 18.5. The van der Waals surface area contributed by atoms with Crippen LogP contribution in [0.5, 0.6) is 0 Å². The smallest absolute Gasteiger partial charge is 0.0703 e. The van der Waals surface area contributed by atoms with E-state index in [1.54, 1.807) is 0 Å². The van der Waals surface area contributed by atoms with E-state index in [1.165, 1.54) is 22.0 Å². The number of anilines is 1. The molecule has 3 rings (SSSR count). The summed E-state index contributed by atoms with van der Waals surface area (Å²) in [5.41, 5.74) is 4.79. The number of hydrogen-bond donors (Lipinski definition) is 0. The summed E-state index contributed by atoms with van der Waals surface area (Å²) in [7, 11) is 4.07. The molecule has 1 unspecified atom stereocenters. The van der Waals surface area contributed by atoms with Crippen molar-refractivity contribution in [3.8, 4) is 0 Å². The summed E-state index contributed by atoms with van der Waals surface area (Å²) in [6.07, 6.45) is 4.60. The first-order valence-electron chi connectivity index (χ1n) is 9.22. The van der Waals surface area contributed by atoms with E-state index in [2.05, 4.69) is 68.0 Å². The van der Waals surface area contributed by atoms with Gasteiger partial charge in [-0.1, -0.05) is 28.1 Å². The molecule has 1 aliphatic heterocycles. The topological polar surface area (TPSA) is 28.6 Å². The molecule has 1 aromatic carbocycles. The highest BCUT2D eigenvalue weighted by Gasteiger charge is 2.20. The summed E-state index contributed by atoms with van der Waals surface area (Å²) in [5.74, 6) is 0. The van der Waals surface area contributed by atoms with Crippen LogP contribution >= 0.6 is 15.9 Å². The standard InChI is InChI=1S/C21H28BrN3O/c1-16-6-7-17(21(22)11-16)13-25(15-20-5-4-10-26-20)14-18-8-9-19(12-23-18)24(2)3/h6-9,11-12,20H,4-5,10,13-15H2,1-3H3. The number of aromatic nitrogens is 1. The van der Waals surface area contributed by atoms with Crippen molar-refractivity contribution in [2.45, 2.75) is 39.0 Å². The van der Waals surface area contributed by atoms with Crippen LogP contribution in [0.25, 0.3) is 0 Å². The van der Waals surface area contributed by atoms with E-state index in [-0.39, 0.29) is 0 Å². The third-order valence-electron chi connectivity index (χ3n) is 4.80. The van der Waals surface area contributed by atoms with Crippen LogP contribution in [-0.2, 0) is 17.8 Å². The minimum absolute atomic E-state index is 0.334. The van der Waals surface area contributed by atoms with Gasteiger partial charge in [0, 0.05) is 44.8 Å². The molecule has 1 atom stereocenters. The molecule has 0 radical (unpaired) electrons. The van der Waals surface area contributed by atoms with E-state index in [4.69, 9.17) is 4.74 Å².